The lowest BCUT2D eigenvalue weighted by Crippen LogP contribution is -1.93. The van der Waals surface area contributed by atoms with E-state index in [4.69, 9.17) is 4.74 Å². The summed E-state index contributed by atoms with van der Waals surface area (Å²) in [6.45, 7) is 5.73. The standard InChI is InChI=1S/C15H30O/c1-3-10-14(2)11-8-6-4-5-7-9-12-15-13-16-15/h14-15H,3-13H2,1-2H3. The summed E-state index contributed by atoms with van der Waals surface area (Å²) < 4.78 is 5.20. The van der Waals surface area contributed by atoms with Crippen molar-refractivity contribution in [3.8, 4) is 0 Å². The smallest absolute Gasteiger partial charge is 0.0810 e. The van der Waals surface area contributed by atoms with Gasteiger partial charge < -0.3 is 4.74 Å². The lowest BCUT2D eigenvalue weighted by molar-refractivity contribution is 0.387. The highest BCUT2D eigenvalue weighted by Gasteiger charge is 2.20. The van der Waals surface area contributed by atoms with Crippen molar-refractivity contribution in [2.24, 2.45) is 5.92 Å². The Hall–Kier alpha value is -0.0400. The van der Waals surface area contributed by atoms with Gasteiger partial charge in [-0.2, -0.15) is 0 Å². The first-order valence-corrected chi connectivity index (χ1v) is 7.44. The molecular weight excluding hydrogens is 196 g/mol. The van der Waals surface area contributed by atoms with Gasteiger partial charge in [0.1, 0.15) is 0 Å². The molecule has 1 fully saturated rings. The average Bonchev–Trinajstić information content (AvgIpc) is 3.06. The van der Waals surface area contributed by atoms with E-state index in [1.807, 2.05) is 0 Å². The zero-order valence-electron chi connectivity index (χ0n) is 11.3. The summed E-state index contributed by atoms with van der Waals surface area (Å²) in [7, 11) is 0. The van der Waals surface area contributed by atoms with E-state index in [0.29, 0.717) is 6.10 Å². The molecule has 0 radical (unpaired) electrons. The van der Waals surface area contributed by atoms with Crippen LogP contribution in [-0.2, 0) is 4.74 Å². The van der Waals surface area contributed by atoms with E-state index in [9.17, 15) is 0 Å². The Morgan fingerprint density at radius 1 is 1.00 bits per heavy atom. The minimum absolute atomic E-state index is 0.648. The number of ether oxygens (including phenoxy) is 1. The van der Waals surface area contributed by atoms with Gasteiger partial charge in [0.15, 0.2) is 0 Å². The van der Waals surface area contributed by atoms with Gasteiger partial charge in [-0.1, -0.05) is 71.6 Å². The highest BCUT2D eigenvalue weighted by molar-refractivity contribution is 4.68. The van der Waals surface area contributed by atoms with E-state index >= 15 is 0 Å². The molecule has 0 spiro atoms. The van der Waals surface area contributed by atoms with E-state index in [0.717, 1.165) is 12.5 Å². The number of hydrogen-bond donors (Lipinski definition) is 0. The minimum Gasteiger partial charge on any atom is -0.373 e. The number of epoxide rings is 1. The second-order valence-corrected chi connectivity index (χ2v) is 5.55. The summed E-state index contributed by atoms with van der Waals surface area (Å²) in [5, 5.41) is 0. The van der Waals surface area contributed by atoms with Gasteiger partial charge in [-0.3, -0.25) is 0 Å². The van der Waals surface area contributed by atoms with Crippen LogP contribution in [0.4, 0.5) is 0 Å². The Labute approximate surface area is 102 Å². The van der Waals surface area contributed by atoms with Crippen molar-refractivity contribution in [3.05, 3.63) is 0 Å². The average molecular weight is 226 g/mol. The van der Waals surface area contributed by atoms with Crippen LogP contribution < -0.4 is 0 Å². The van der Waals surface area contributed by atoms with Gasteiger partial charge in [0.05, 0.1) is 12.7 Å². The van der Waals surface area contributed by atoms with Crippen LogP contribution in [0.3, 0.4) is 0 Å². The fourth-order valence-electron chi connectivity index (χ4n) is 2.44. The number of hydrogen-bond acceptors (Lipinski definition) is 1. The summed E-state index contributed by atoms with van der Waals surface area (Å²) >= 11 is 0. The van der Waals surface area contributed by atoms with Crippen LogP contribution >= 0.6 is 0 Å². The quantitative estimate of drug-likeness (QED) is 0.359. The molecule has 96 valence electrons. The van der Waals surface area contributed by atoms with E-state index in [1.54, 1.807) is 0 Å². The summed E-state index contributed by atoms with van der Waals surface area (Å²) in [5.74, 6) is 0.956. The van der Waals surface area contributed by atoms with E-state index in [-0.39, 0.29) is 0 Å². The Morgan fingerprint density at radius 3 is 2.25 bits per heavy atom. The highest BCUT2D eigenvalue weighted by Crippen LogP contribution is 2.19. The number of unbranched alkanes of at least 4 members (excludes halogenated alkanes) is 5. The second kappa shape index (κ2) is 9.04. The largest absolute Gasteiger partial charge is 0.373 e. The third-order valence-electron chi connectivity index (χ3n) is 3.66. The molecule has 2 atom stereocenters. The fraction of sp³-hybridized carbons (Fsp3) is 1.00. The van der Waals surface area contributed by atoms with Crippen LogP contribution in [0.5, 0.6) is 0 Å². The monoisotopic (exact) mass is 226 g/mol. The highest BCUT2D eigenvalue weighted by atomic mass is 16.6. The zero-order chi connectivity index (χ0) is 11.6. The SMILES string of the molecule is CCCC(C)CCCCCCCCC1CO1. The molecule has 0 aromatic carbocycles. The molecule has 1 heteroatoms. The lowest BCUT2D eigenvalue weighted by atomic mass is 9.98. The molecule has 1 aliphatic rings. The molecule has 2 unspecified atom stereocenters. The lowest BCUT2D eigenvalue weighted by Gasteiger charge is -2.09. The second-order valence-electron chi connectivity index (χ2n) is 5.55. The van der Waals surface area contributed by atoms with Crippen LogP contribution in [0.2, 0.25) is 0 Å². The van der Waals surface area contributed by atoms with E-state index in [1.165, 1.54) is 64.2 Å². The Morgan fingerprint density at radius 2 is 1.62 bits per heavy atom. The van der Waals surface area contributed by atoms with Gasteiger partial charge in [-0.15, -0.1) is 0 Å². The van der Waals surface area contributed by atoms with Crippen LogP contribution in [0.15, 0.2) is 0 Å². The van der Waals surface area contributed by atoms with E-state index in [2.05, 4.69) is 13.8 Å². The Kier molecular flexibility index (Phi) is 7.92. The molecule has 1 nitrogen and oxygen atoms in total. The molecule has 1 saturated heterocycles. The van der Waals surface area contributed by atoms with Crippen LogP contribution in [0.1, 0.15) is 78.1 Å². The van der Waals surface area contributed by atoms with Crippen molar-refractivity contribution in [1.29, 1.82) is 0 Å². The van der Waals surface area contributed by atoms with Crippen molar-refractivity contribution < 1.29 is 4.74 Å². The van der Waals surface area contributed by atoms with Gasteiger partial charge in [0.2, 0.25) is 0 Å². The Balaban J connectivity index is 1.70. The molecule has 0 aliphatic carbocycles. The molecule has 0 bridgehead atoms. The van der Waals surface area contributed by atoms with E-state index < -0.39 is 0 Å². The van der Waals surface area contributed by atoms with Gasteiger partial charge >= 0.3 is 0 Å². The van der Waals surface area contributed by atoms with Gasteiger partial charge in [0.25, 0.3) is 0 Å². The topological polar surface area (TPSA) is 12.5 Å². The molecular formula is C15H30O. The summed E-state index contributed by atoms with van der Waals surface area (Å²) in [6, 6.07) is 0. The van der Waals surface area contributed by atoms with Crippen LogP contribution in [0.25, 0.3) is 0 Å². The molecule has 0 N–H and O–H groups in total. The normalized spacial score (nSPS) is 21.0. The molecule has 0 aromatic heterocycles. The van der Waals surface area contributed by atoms with Gasteiger partial charge in [-0.25, -0.2) is 0 Å². The van der Waals surface area contributed by atoms with Gasteiger partial charge in [-0.05, 0) is 12.3 Å². The maximum absolute atomic E-state index is 5.20. The predicted molar refractivity (Wildman–Crippen MR) is 70.7 cm³/mol. The maximum atomic E-state index is 5.20. The molecule has 1 heterocycles. The first-order valence-electron chi connectivity index (χ1n) is 7.44. The van der Waals surface area contributed by atoms with Crippen LogP contribution in [-0.4, -0.2) is 12.7 Å². The van der Waals surface area contributed by atoms with Crippen molar-refractivity contribution >= 4 is 0 Å². The first kappa shape index (κ1) is 14.0. The third-order valence-corrected chi connectivity index (χ3v) is 3.66. The fourth-order valence-corrected chi connectivity index (χ4v) is 2.44. The maximum Gasteiger partial charge on any atom is 0.0810 e. The van der Waals surface area contributed by atoms with Crippen molar-refractivity contribution in [2.45, 2.75) is 84.2 Å². The number of rotatable bonds is 11. The summed E-state index contributed by atoms with van der Waals surface area (Å²) in [4.78, 5) is 0. The summed E-state index contributed by atoms with van der Waals surface area (Å²) in [6.07, 6.45) is 14.8. The molecule has 1 rings (SSSR count). The van der Waals surface area contributed by atoms with Crippen molar-refractivity contribution in [1.82, 2.24) is 0 Å². The van der Waals surface area contributed by atoms with Crippen LogP contribution in [0, 0.1) is 5.92 Å². The Bertz CT molecular complexity index is 152. The predicted octanol–water partition coefficient (Wildman–Crippen LogP) is 4.94. The zero-order valence-corrected chi connectivity index (χ0v) is 11.3. The minimum atomic E-state index is 0.648. The molecule has 0 saturated carbocycles. The molecule has 16 heavy (non-hydrogen) atoms. The molecule has 1 aliphatic heterocycles. The van der Waals surface area contributed by atoms with Crippen molar-refractivity contribution in [3.63, 3.8) is 0 Å². The third kappa shape index (κ3) is 8.15. The molecule has 0 amide bonds. The molecule has 0 aromatic rings. The van der Waals surface area contributed by atoms with Gasteiger partial charge in [0, 0.05) is 0 Å². The summed E-state index contributed by atoms with van der Waals surface area (Å²) in [5.41, 5.74) is 0. The van der Waals surface area contributed by atoms with Crippen molar-refractivity contribution in [2.75, 3.05) is 6.61 Å². The first-order chi connectivity index (χ1) is 7.83.